The Morgan fingerprint density at radius 3 is 2.80 bits per heavy atom. The fourth-order valence-electron chi connectivity index (χ4n) is 2.48. The van der Waals surface area contributed by atoms with E-state index in [1.54, 1.807) is 18.2 Å². The second kappa shape index (κ2) is 4.59. The van der Waals surface area contributed by atoms with Gasteiger partial charge < -0.3 is 10.6 Å². The zero-order valence-electron chi connectivity index (χ0n) is 10.6. The molecule has 1 aliphatic rings. The van der Waals surface area contributed by atoms with Crippen molar-refractivity contribution in [3.05, 3.63) is 59.2 Å². The Kier molecular flexibility index (Phi) is 2.89. The molecule has 0 unspecified atom stereocenters. The molecule has 2 aromatic carbocycles. The molecule has 0 saturated heterocycles. The number of nitrogens with zero attached hydrogens (tertiary/aromatic N) is 1. The number of hydrogen-bond donors (Lipinski definition) is 1. The molecule has 20 heavy (non-hydrogen) atoms. The summed E-state index contributed by atoms with van der Waals surface area (Å²) in [6.45, 7) is 0.415. The maximum atomic E-state index is 13.7. The van der Waals surface area contributed by atoms with Gasteiger partial charge in [0.05, 0.1) is 5.56 Å². The van der Waals surface area contributed by atoms with Gasteiger partial charge >= 0.3 is 0 Å². The van der Waals surface area contributed by atoms with Crippen molar-refractivity contribution >= 4 is 17.3 Å². The van der Waals surface area contributed by atoms with Gasteiger partial charge in [0.15, 0.2) is 0 Å². The Labute approximate surface area is 114 Å². The highest BCUT2D eigenvalue weighted by atomic mass is 19.1. The summed E-state index contributed by atoms with van der Waals surface area (Å²) >= 11 is 0. The maximum Gasteiger partial charge on any atom is 0.261 e. The van der Waals surface area contributed by atoms with Gasteiger partial charge in [-0.25, -0.2) is 8.78 Å². The van der Waals surface area contributed by atoms with Crippen LogP contribution in [-0.4, -0.2) is 12.5 Å². The monoisotopic (exact) mass is 274 g/mol. The molecular weight excluding hydrogens is 262 g/mol. The summed E-state index contributed by atoms with van der Waals surface area (Å²) in [5.41, 5.74) is 7.74. The molecule has 2 N–H and O–H groups in total. The Hall–Kier alpha value is -2.43. The Balaban J connectivity index is 2.02. The van der Waals surface area contributed by atoms with E-state index in [1.165, 1.54) is 4.90 Å². The van der Waals surface area contributed by atoms with Crippen molar-refractivity contribution in [2.45, 2.75) is 6.42 Å². The maximum absolute atomic E-state index is 13.7. The van der Waals surface area contributed by atoms with Crippen LogP contribution in [0, 0.1) is 11.6 Å². The Morgan fingerprint density at radius 2 is 2.00 bits per heavy atom. The van der Waals surface area contributed by atoms with Crippen LogP contribution in [0.3, 0.4) is 0 Å². The van der Waals surface area contributed by atoms with E-state index in [1.807, 2.05) is 0 Å². The number of benzene rings is 2. The molecule has 0 aliphatic carbocycles. The fraction of sp³-hybridized carbons (Fsp3) is 0.133. The highest BCUT2D eigenvalue weighted by molar-refractivity contribution is 6.07. The standard InChI is InChI=1S/C15H12F2N2O/c16-9-4-5-12(17)11(8-9)15(20)19-7-6-10-13(18)2-1-3-14(10)19/h1-5,8H,6-7,18H2. The largest absolute Gasteiger partial charge is 0.398 e. The van der Waals surface area contributed by atoms with Crippen molar-refractivity contribution in [2.75, 3.05) is 17.2 Å². The molecule has 0 aromatic heterocycles. The van der Waals surface area contributed by atoms with E-state index in [9.17, 15) is 13.6 Å². The van der Waals surface area contributed by atoms with Crippen molar-refractivity contribution in [1.29, 1.82) is 0 Å². The van der Waals surface area contributed by atoms with Crippen molar-refractivity contribution in [3.8, 4) is 0 Å². The number of fused-ring (bicyclic) bond motifs is 1. The summed E-state index contributed by atoms with van der Waals surface area (Å²) in [6.07, 6.45) is 0.616. The number of halogens is 2. The van der Waals surface area contributed by atoms with Crippen molar-refractivity contribution in [2.24, 2.45) is 0 Å². The number of carbonyl (C=O) groups is 1. The van der Waals surface area contributed by atoms with Crippen LogP contribution in [0.4, 0.5) is 20.2 Å². The number of rotatable bonds is 1. The van der Waals surface area contributed by atoms with E-state index < -0.39 is 17.5 Å². The van der Waals surface area contributed by atoms with Crippen LogP contribution in [-0.2, 0) is 6.42 Å². The Morgan fingerprint density at radius 1 is 1.20 bits per heavy atom. The molecule has 102 valence electrons. The lowest BCUT2D eigenvalue weighted by molar-refractivity contribution is 0.0985. The lowest BCUT2D eigenvalue weighted by Crippen LogP contribution is -2.29. The predicted molar refractivity (Wildman–Crippen MR) is 72.6 cm³/mol. The normalized spacial score (nSPS) is 13.4. The molecular formula is C15H12F2N2O. The molecule has 1 aliphatic heterocycles. The van der Waals surface area contributed by atoms with Gasteiger partial charge in [-0.1, -0.05) is 6.07 Å². The molecule has 0 radical (unpaired) electrons. The van der Waals surface area contributed by atoms with Crippen LogP contribution in [0.1, 0.15) is 15.9 Å². The minimum atomic E-state index is -0.728. The van der Waals surface area contributed by atoms with Crippen molar-refractivity contribution in [3.63, 3.8) is 0 Å². The molecule has 3 nitrogen and oxygen atoms in total. The van der Waals surface area contributed by atoms with Gasteiger partial charge in [-0.15, -0.1) is 0 Å². The Bertz CT molecular complexity index is 700. The first-order valence-electron chi connectivity index (χ1n) is 6.22. The van der Waals surface area contributed by atoms with Crippen LogP contribution in [0.2, 0.25) is 0 Å². The van der Waals surface area contributed by atoms with Gasteiger partial charge in [0, 0.05) is 23.5 Å². The van der Waals surface area contributed by atoms with Gasteiger partial charge in [0.25, 0.3) is 5.91 Å². The van der Waals surface area contributed by atoms with E-state index in [0.29, 0.717) is 24.3 Å². The molecule has 0 atom stereocenters. The third-order valence-electron chi connectivity index (χ3n) is 3.47. The third kappa shape index (κ3) is 1.91. The number of nitrogens with two attached hydrogens (primary N) is 1. The van der Waals surface area contributed by atoms with Crippen LogP contribution in [0.15, 0.2) is 36.4 Å². The van der Waals surface area contributed by atoms with Crippen LogP contribution >= 0.6 is 0 Å². The van der Waals surface area contributed by atoms with Crippen molar-refractivity contribution < 1.29 is 13.6 Å². The number of anilines is 2. The minimum Gasteiger partial charge on any atom is -0.398 e. The summed E-state index contributed by atoms with van der Waals surface area (Å²) in [7, 11) is 0. The van der Waals surface area contributed by atoms with Gasteiger partial charge in [-0.05, 0) is 36.8 Å². The second-order valence-corrected chi connectivity index (χ2v) is 4.68. The lowest BCUT2D eigenvalue weighted by Gasteiger charge is -2.18. The van der Waals surface area contributed by atoms with Crippen LogP contribution in [0.25, 0.3) is 0 Å². The molecule has 3 rings (SSSR count). The lowest BCUT2D eigenvalue weighted by atomic mass is 10.1. The molecule has 1 amide bonds. The molecule has 5 heteroatoms. The average molecular weight is 274 g/mol. The average Bonchev–Trinajstić information content (AvgIpc) is 2.86. The minimum absolute atomic E-state index is 0.264. The van der Waals surface area contributed by atoms with Crippen molar-refractivity contribution in [1.82, 2.24) is 0 Å². The number of carbonyl (C=O) groups excluding carboxylic acids is 1. The topological polar surface area (TPSA) is 46.3 Å². The predicted octanol–water partition coefficient (Wildman–Crippen LogP) is 2.75. The van der Waals surface area contributed by atoms with E-state index >= 15 is 0 Å². The van der Waals surface area contributed by atoms with E-state index in [2.05, 4.69) is 0 Å². The zero-order valence-corrected chi connectivity index (χ0v) is 10.6. The number of nitrogen functional groups attached to an aromatic ring is 1. The molecule has 0 fully saturated rings. The van der Waals surface area contributed by atoms with Gasteiger partial charge in [0.2, 0.25) is 0 Å². The first kappa shape index (κ1) is 12.6. The summed E-state index contributed by atoms with van der Waals surface area (Å²) in [4.78, 5) is 13.8. The number of hydrogen-bond acceptors (Lipinski definition) is 2. The highest BCUT2D eigenvalue weighted by Gasteiger charge is 2.28. The quantitative estimate of drug-likeness (QED) is 0.813. The summed E-state index contributed by atoms with van der Waals surface area (Å²) in [5.74, 6) is -1.91. The fourth-order valence-corrected chi connectivity index (χ4v) is 2.48. The number of amides is 1. The third-order valence-corrected chi connectivity index (χ3v) is 3.47. The van der Waals surface area contributed by atoms with Crippen LogP contribution < -0.4 is 10.6 Å². The molecule has 2 aromatic rings. The molecule has 0 bridgehead atoms. The van der Waals surface area contributed by atoms with Gasteiger partial charge in [-0.2, -0.15) is 0 Å². The second-order valence-electron chi connectivity index (χ2n) is 4.68. The molecule has 1 heterocycles. The summed E-state index contributed by atoms with van der Waals surface area (Å²) in [6, 6.07) is 8.12. The smallest absolute Gasteiger partial charge is 0.261 e. The van der Waals surface area contributed by atoms with Crippen LogP contribution in [0.5, 0.6) is 0 Å². The SMILES string of the molecule is Nc1cccc2c1CCN2C(=O)c1cc(F)ccc1F. The molecule has 0 saturated carbocycles. The highest BCUT2D eigenvalue weighted by Crippen LogP contribution is 2.33. The van der Waals surface area contributed by atoms with Gasteiger partial charge in [0.1, 0.15) is 11.6 Å². The zero-order chi connectivity index (χ0) is 14.3. The first-order valence-corrected chi connectivity index (χ1v) is 6.22. The van der Waals surface area contributed by atoms with E-state index in [4.69, 9.17) is 5.73 Å². The first-order chi connectivity index (χ1) is 9.58. The summed E-state index contributed by atoms with van der Waals surface area (Å²) in [5, 5.41) is 0. The summed E-state index contributed by atoms with van der Waals surface area (Å²) < 4.78 is 26.9. The van der Waals surface area contributed by atoms with E-state index in [-0.39, 0.29) is 5.56 Å². The van der Waals surface area contributed by atoms with E-state index in [0.717, 1.165) is 23.8 Å². The van der Waals surface area contributed by atoms with Gasteiger partial charge in [-0.3, -0.25) is 4.79 Å². The molecule has 0 spiro atoms.